The molecule has 1 unspecified atom stereocenters. The number of benzene rings is 1. The monoisotopic (exact) mass is 267 g/mol. The Morgan fingerprint density at radius 2 is 2.06 bits per heavy atom. The van der Waals surface area contributed by atoms with Crippen molar-refractivity contribution in [2.45, 2.75) is 37.8 Å². The van der Waals surface area contributed by atoms with E-state index < -0.39 is 11.0 Å². The first-order valence-corrected chi connectivity index (χ1v) is 6.86. The van der Waals surface area contributed by atoms with Gasteiger partial charge >= 0.3 is 5.97 Å². The van der Waals surface area contributed by atoms with Gasteiger partial charge in [-0.2, -0.15) is 0 Å². The Kier molecular flexibility index (Phi) is 3.29. The highest BCUT2D eigenvalue weighted by Gasteiger charge is 2.36. The van der Waals surface area contributed by atoms with E-state index in [1.54, 1.807) is 12.1 Å². The molecule has 18 heavy (non-hydrogen) atoms. The van der Waals surface area contributed by atoms with E-state index >= 15 is 0 Å². The molecule has 0 aromatic heterocycles. The number of nitrogens with zero attached hydrogens (tertiary/aromatic N) is 1. The Morgan fingerprint density at radius 3 is 2.61 bits per heavy atom. The number of esters is 1. The minimum atomic E-state index is -1.21. The summed E-state index contributed by atoms with van der Waals surface area (Å²) in [5.74, 6) is -0.375. The SMILES string of the molecule is COC(=O)c1cccc2c1CN(C(C)(C)C)S2=O. The van der Waals surface area contributed by atoms with Crippen LogP contribution < -0.4 is 0 Å². The first-order valence-electron chi connectivity index (χ1n) is 5.76. The summed E-state index contributed by atoms with van der Waals surface area (Å²) in [4.78, 5) is 12.4. The molecule has 0 N–H and O–H groups in total. The van der Waals surface area contributed by atoms with E-state index in [0.29, 0.717) is 17.0 Å². The van der Waals surface area contributed by atoms with Crippen LogP contribution in [0.4, 0.5) is 0 Å². The fourth-order valence-electron chi connectivity index (χ4n) is 2.00. The van der Waals surface area contributed by atoms with E-state index in [-0.39, 0.29) is 11.5 Å². The Bertz CT molecular complexity index is 519. The number of rotatable bonds is 1. The number of methoxy groups -OCH3 is 1. The fraction of sp³-hybridized carbons (Fsp3) is 0.462. The highest BCUT2D eigenvalue weighted by Crippen LogP contribution is 2.34. The van der Waals surface area contributed by atoms with Gasteiger partial charge in [0, 0.05) is 12.1 Å². The van der Waals surface area contributed by atoms with Crippen molar-refractivity contribution in [2.24, 2.45) is 0 Å². The van der Waals surface area contributed by atoms with Crippen molar-refractivity contribution < 1.29 is 13.7 Å². The van der Waals surface area contributed by atoms with Crippen molar-refractivity contribution in [2.75, 3.05) is 7.11 Å². The van der Waals surface area contributed by atoms with Gasteiger partial charge in [-0.25, -0.2) is 13.3 Å². The van der Waals surface area contributed by atoms with Crippen molar-refractivity contribution in [1.82, 2.24) is 4.31 Å². The molecule has 98 valence electrons. The molecule has 0 aliphatic carbocycles. The molecule has 4 nitrogen and oxygen atoms in total. The molecule has 2 rings (SSSR count). The summed E-state index contributed by atoms with van der Waals surface area (Å²) in [5.41, 5.74) is 1.12. The number of hydrogen-bond acceptors (Lipinski definition) is 3. The first kappa shape index (κ1) is 13.2. The van der Waals surface area contributed by atoms with Gasteiger partial charge in [0.1, 0.15) is 11.0 Å². The minimum Gasteiger partial charge on any atom is -0.465 e. The van der Waals surface area contributed by atoms with Gasteiger partial charge in [0.25, 0.3) is 0 Å². The largest absolute Gasteiger partial charge is 0.465 e. The third-order valence-corrected chi connectivity index (χ3v) is 4.81. The molecule has 1 aromatic carbocycles. The summed E-state index contributed by atoms with van der Waals surface area (Å²) in [6, 6.07) is 5.27. The van der Waals surface area contributed by atoms with Crippen LogP contribution >= 0.6 is 0 Å². The molecule has 0 bridgehead atoms. The molecular formula is C13H17NO3S. The van der Waals surface area contributed by atoms with Crippen LogP contribution in [-0.4, -0.2) is 27.1 Å². The molecule has 1 aliphatic heterocycles. The number of hydrogen-bond donors (Lipinski definition) is 0. The number of ether oxygens (including phenoxy) is 1. The van der Waals surface area contributed by atoms with E-state index in [1.807, 2.05) is 31.1 Å². The van der Waals surface area contributed by atoms with Crippen molar-refractivity contribution in [3.63, 3.8) is 0 Å². The van der Waals surface area contributed by atoms with Crippen LogP contribution in [0.15, 0.2) is 23.1 Å². The maximum atomic E-state index is 12.4. The van der Waals surface area contributed by atoms with Crippen LogP contribution in [-0.2, 0) is 22.3 Å². The van der Waals surface area contributed by atoms with Crippen LogP contribution in [0.3, 0.4) is 0 Å². The molecule has 1 heterocycles. The lowest BCUT2D eigenvalue weighted by Gasteiger charge is -2.29. The van der Waals surface area contributed by atoms with E-state index in [0.717, 1.165) is 5.56 Å². The van der Waals surface area contributed by atoms with Gasteiger partial charge in [0.2, 0.25) is 0 Å². The van der Waals surface area contributed by atoms with Crippen LogP contribution in [0.1, 0.15) is 36.7 Å². The summed E-state index contributed by atoms with van der Waals surface area (Å²) < 4.78 is 19.0. The van der Waals surface area contributed by atoms with Crippen molar-refractivity contribution in [3.8, 4) is 0 Å². The van der Waals surface area contributed by atoms with Gasteiger partial charge in [0.15, 0.2) is 0 Å². The average molecular weight is 267 g/mol. The van der Waals surface area contributed by atoms with E-state index in [9.17, 15) is 9.00 Å². The summed E-state index contributed by atoms with van der Waals surface area (Å²) >= 11 is 0. The molecule has 0 saturated carbocycles. The third kappa shape index (κ3) is 2.08. The lowest BCUT2D eigenvalue weighted by molar-refractivity contribution is 0.0598. The minimum absolute atomic E-state index is 0.211. The van der Waals surface area contributed by atoms with Gasteiger partial charge in [-0.15, -0.1) is 0 Å². The van der Waals surface area contributed by atoms with E-state index in [2.05, 4.69) is 0 Å². The average Bonchev–Trinajstić information content (AvgIpc) is 2.66. The van der Waals surface area contributed by atoms with Gasteiger partial charge in [0.05, 0.1) is 17.6 Å². The lowest BCUT2D eigenvalue weighted by Crippen LogP contribution is -2.38. The zero-order chi connectivity index (χ0) is 13.5. The molecule has 1 aliphatic rings. The normalized spacial score (nSPS) is 19.7. The highest BCUT2D eigenvalue weighted by molar-refractivity contribution is 7.83. The first-order chi connectivity index (χ1) is 8.36. The standard InChI is InChI=1S/C13H17NO3S/c1-13(2,3)14-8-10-9(12(15)17-4)6-5-7-11(10)18(14)16/h5-7H,8H2,1-4H3. The molecule has 0 amide bonds. The number of carbonyl (C=O) groups excluding carboxylic acids is 1. The predicted octanol–water partition coefficient (Wildman–Crippen LogP) is 2.11. The van der Waals surface area contributed by atoms with E-state index in [4.69, 9.17) is 4.74 Å². The molecule has 1 aromatic rings. The Balaban J connectivity index is 2.49. The smallest absolute Gasteiger partial charge is 0.338 e. The fourth-order valence-corrected chi connectivity index (χ4v) is 3.56. The van der Waals surface area contributed by atoms with Crippen LogP contribution in [0.2, 0.25) is 0 Å². The molecule has 0 spiro atoms. The molecule has 0 radical (unpaired) electrons. The summed E-state index contributed by atoms with van der Waals surface area (Å²) in [7, 11) is 0.148. The summed E-state index contributed by atoms with van der Waals surface area (Å²) in [5, 5.41) is 0. The van der Waals surface area contributed by atoms with Gasteiger partial charge in [-0.1, -0.05) is 6.07 Å². The second-order valence-electron chi connectivity index (χ2n) is 5.23. The number of carbonyl (C=O) groups is 1. The van der Waals surface area contributed by atoms with Crippen LogP contribution in [0.25, 0.3) is 0 Å². The number of fused-ring (bicyclic) bond motifs is 1. The zero-order valence-corrected chi connectivity index (χ0v) is 11.8. The van der Waals surface area contributed by atoms with Gasteiger partial charge < -0.3 is 4.74 Å². The van der Waals surface area contributed by atoms with Crippen LogP contribution in [0, 0.1) is 0 Å². The van der Waals surface area contributed by atoms with Gasteiger partial charge in [-0.3, -0.25) is 0 Å². The molecule has 5 heteroatoms. The lowest BCUT2D eigenvalue weighted by atomic mass is 10.0. The highest BCUT2D eigenvalue weighted by atomic mass is 32.2. The second-order valence-corrected chi connectivity index (χ2v) is 6.61. The molecular weight excluding hydrogens is 250 g/mol. The molecule has 1 atom stereocenters. The Labute approximate surface area is 110 Å². The maximum Gasteiger partial charge on any atom is 0.338 e. The second kappa shape index (κ2) is 4.48. The van der Waals surface area contributed by atoms with Crippen molar-refractivity contribution in [3.05, 3.63) is 29.3 Å². The maximum absolute atomic E-state index is 12.4. The summed E-state index contributed by atoms with van der Waals surface area (Å²) in [6.45, 7) is 6.54. The van der Waals surface area contributed by atoms with Crippen molar-refractivity contribution >= 4 is 17.0 Å². The van der Waals surface area contributed by atoms with E-state index in [1.165, 1.54) is 7.11 Å². The topological polar surface area (TPSA) is 46.6 Å². The summed E-state index contributed by atoms with van der Waals surface area (Å²) in [6.07, 6.45) is 0. The zero-order valence-electron chi connectivity index (χ0n) is 11.0. The van der Waals surface area contributed by atoms with Crippen molar-refractivity contribution in [1.29, 1.82) is 0 Å². The quantitative estimate of drug-likeness (QED) is 0.732. The molecule has 0 saturated heterocycles. The Morgan fingerprint density at radius 1 is 1.39 bits per heavy atom. The van der Waals surface area contributed by atoms with Crippen LogP contribution in [0.5, 0.6) is 0 Å². The Hall–Kier alpha value is -1.20. The third-order valence-electron chi connectivity index (χ3n) is 2.98. The predicted molar refractivity (Wildman–Crippen MR) is 69.5 cm³/mol. The molecule has 0 fully saturated rings. The van der Waals surface area contributed by atoms with Gasteiger partial charge in [-0.05, 0) is 38.5 Å².